The van der Waals surface area contributed by atoms with Gasteiger partial charge in [0.15, 0.2) is 0 Å². The zero-order chi connectivity index (χ0) is 13.0. The van der Waals surface area contributed by atoms with Crippen LogP contribution in [0.25, 0.3) is 0 Å². The van der Waals surface area contributed by atoms with Crippen molar-refractivity contribution in [3.8, 4) is 0 Å². The standard InChI is InChI=1S/C15H30N2O/c1-4-15(5-2,11-16-14-6-7-14)12-17-8-9-18-13(3)10-17/h13-14,16H,4-12H2,1-3H3. The minimum absolute atomic E-state index is 0.404. The highest BCUT2D eigenvalue weighted by Gasteiger charge is 2.32. The molecule has 18 heavy (non-hydrogen) atoms. The van der Waals surface area contributed by atoms with Crippen molar-refractivity contribution in [3.05, 3.63) is 0 Å². The van der Waals surface area contributed by atoms with Crippen molar-refractivity contribution in [2.75, 3.05) is 32.8 Å². The summed E-state index contributed by atoms with van der Waals surface area (Å²) in [5.41, 5.74) is 0.458. The Bertz CT molecular complexity index is 249. The summed E-state index contributed by atoms with van der Waals surface area (Å²) in [6.07, 6.45) is 5.72. The van der Waals surface area contributed by atoms with Crippen LogP contribution >= 0.6 is 0 Å². The molecule has 1 unspecified atom stereocenters. The van der Waals surface area contributed by atoms with Gasteiger partial charge in [0.2, 0.25) is 0 Å². The number of rotatable bonds is 7. The van der Waals surface area contributed by atoms with E-state index in [2.05, 4.69) is 31.0 Å². The predicted molar refractivity (Wildman–Crippen MR) is 75.9 cm³/mol. The second kappa shape index (κ2) is 6.36. The Labute approximate surface area is 112 Å². The molecule has 2 aliphatic rings. The van der Waals surface area contributed by atoms with E-state index in [-0.39, 0.29) is 0 Å². The lowest BCUT2D eigenvalue weighted by Gasteiger charge is -2.40. The van der Waals surface area contributed by atoms with Gasteiger partial charge in [0.1, 0.15) is 0 Å². The molecule has 0 bridgehead atoms. The first-order valence-electron chi connectivity index (χ1n) is 7.75. The van der Waals surface area contributed by atoms with Crippen LogP contribution in [0.4, 0.5) is 0 Å². The zero-order valence-corrected chi connectivity index (χ0v) is 12.4. The molecule has 1 saturated heterocycles. The minimum atomic E-state index is 0.404. The lowest BCUT2D eigenvalue weighted by Crippen LogP contribution is -2.49. The van der Waals surface area contributed by atoms with E-state index in [1.165, 1.54) is 38.8 Å². The van der Waals surface area contributed by atoms with E-state index in [0.717, 1.165) is 25.7 Å². The highest BCUT2D eigenvalue weighted by atomic mass is 16.5. The molecule has 2 rings (SSSR count). The van der Waals surface area contributed by atoms with E-state index in [1.54, 1.807) is 0 Å². The molecule has 0 spiro atoms. The third-order valence-corrected chi connectivity index (χ3v) is 4.73. The summed E-state index contributed by atoms with van der Waals surface area (Å²) in [5.74, 6) is 0. The number of hydrogen-bond acceptors (Lipinski definition) is 3. The predicted octanol–water partition coefficient (Wildman–Crippen LogP) is 2.27. The molecule has 1 N–H and O–H groups in total. The molecule has 1 aliphatic carbocycles. The molecule has 2 fully saturated rings. The molecule has 0 aromatic rings. The molecule has 0 aromatic carbocycles. The first-order chi connectivity index (χ1) is 8.67. The number of morpholine rings is 1. The Morgan fingerprint density at radius 3 is 2.56 bits per heavy atom. The third kappa shape index (κ3) is 3.94. The Morgan fingerprint density at radius 1 is 1.28 bits per heavy atom. The maximum atomic E-state index is 5.64. The van der Waals surface area contributed by atoms with Crippen LogP contribution in [-0.2, 0) is 4.74 Å². The SMILES string of the molecule is CCC(CC)(CNC1CC1)CN1CCOC(C)C1. The van der Waals surface area contributed by atoms with Gasteiger partial charge in [-0.1, -0.05) is 13.8 Å². The summed E-state index contributed by atoms with van der Waals surface area (Å²) in [5, 5.41) is 3.74. The summed E-state index contributed by atoms with van der Waals surface area (Å²) in [6.45, 7) is 12.4. The molecular weight excluding hydrogens is 224 g/mol. The number of hydrogen-bond donors (Lipinski definition) is 1. The maximum absolute atomic E-state index is 5.64. The van der Waals surface area contributed by atoms with Crippen LogP contribution in [-0.4, -0.2) is 49.8 Å². The molecule has 3 heteroatoms. The van der Waals surface area contributed by atoms with E-state index < -0.39 is 0 Å². The fraction of sp³-hybridized carbons (Fsp3) is 1.00. The van der Waals surface area contributed by atoms with Crippen molar-refractivity contribution in [3.63, 3.8) is 0 Å². The van der Waals surface area contributed by atoms with Crippen LogP contribution in [0.5, 0.6) is 0 Å². The molecule has 1 saturated carbocycles. The first-order valence-corrected chi connectivity index (χ1v) is 7.75. The van der Waals surface area contributed by atoms with Gasteiger partial charge >= 0.3 is 0 Å². The monoisotopic (exact) mass is 254 g/mol. The van der Waals surface area contributed by atoms with Gasteiger partial charge in [0.05, 0.1) is 12.7 Å². The Balaban J connectivity index is 1.86. The second-order valence-electron chi connectivity index (χ2n) is 6.28. The lowest BCUT2D eigenvalue weighted by atomic mass is 9.81. The van der Waals surface area contributed by atoms with E-state index in [9.17, 15) is 0 Å². The van der Waals surface area contributed by atoms with Crippen LogP contribution in [0.3, 0.4) is 0 Å². The zero-order valence-electron chi connectivity index (χ0n) is 12.4. The highest BCUT2D eigenvalue weighted by molar-refractivity contribution is 4.89. The summed E-state index contributed by atoms with van der Waals surface area (Å²) in [4.78, 5) is 2.61. The normalized spacial score (nSPS) is 26.5. The van der Waals surface area contributed by atoms with Crippen LogP contribution in [0.15, 0.2) is 0 Å². The Hall–Kier alpha value is -0.120. The summed E-state index contributed by atoms with van der Waals surface area (Å²) < 4.78 is 5.64. The lowest BCUT2D eigenvalue weighted by molar-refractivity contribution is -0.0335. The van der Waals surface area contributed by atoms with Gasteiger partial charge in [0.25, 0.3) is 0 Å². The summed E-state index contributed by atoms with van der Waals surface area (Å²) >= 11 is 0. The molecule has 106 valence electrons. The van der Waals surface area contributed by atoms with Gasteiger partial charge in [-0.05, 0) is 38.0 Å². The summed E-state index contributed by atoms with van der Waals surface area (Å²) in [6, 6.07) is 0.825. The van der Waals surface area contributed by atoms with Gasteiger partial charge in [-0.15, -0.1) is 0 Å². The number of nitrogens with zero attached hydrogens (tertiary/aromatic N) is 1. The molecule has 0 amide bonds. The van der Waals surface area contributed by atoms with E-state index in [1.807, 2.05) is 0 Å². The first kappa shape index (κ1) is 14.3. The van der Waals surface area contributed by atoms with Crippen molar-refractivity contribution in [2.24, 2.45) is 5.41 Å². The molecular formula is C15H30N2O. The molecule has 1 atom stereocenters. The van der Waals surface area contributed by atoms with Crippen molar-refractivity contribution in [2.45, 2.75) is 58.6 Å². The minimum Gasteiger partial charge on any atom is -0.376 e. The Morgan fingerprint density at radius 2 is 2.00 bits per heavy atom. The van der Waals surface area contributed by atoms with Gasteiger partial charge in [-0.2, -0.15) is 0 Å². The van der Waals surface area contributed by atoms with E-state index >= 15 is 0 Å². The summed E-state index contributed by atoms with van der Waals surface area (Å²) in [7, 11) is 0. The van der Waals surface area contributed by atoms with Gasteiger partial charge in [-0.3, -0.25) is 4.90 Å². The van der Waals surface area contributed by atoms with Crippen LogP contribution in [0.2, 0.25) is 0 Å². The fourth-order valence-corrected chi connectivity index (χ4v) is 2.94. The van der Waals surface area contributed by atoms with Crippen molar-refractivity contribution in [1.29, 1.82) is 0 Å². The quantitative estimate of drug-likeness (QED) is 0.754. The van der Waals surface area contributed by atoms with Crippen molar-refractivity contribution < 1.29 is 4.74 Å². The van der Waals surface area contributed by atoms with E-state index in [0.29, 0.717) is 11.5 Å². The average molecular weight is 254 g/mol. The molecule has 1 aliphatic heterocycles. The molecule has 1 heterocycles. The smallest absolute Gasteiger partial charge is 0.0674 e. The third-order valence-electron chi connectivity index (χ3n) is 4.73. The van der Waals surface area contributed by atoms with Crippen molar-refractivity contribution >= 4 is 0 Å². The molecule has 0 radical (unpaired) electrons. The van der Waals surface area contributed by atoms with Gasteiger partial charge in [-0.25, -0.2) is 0 Å². The largest absolute Gasteiger partial charge is 0.376 e. The molecule has 3 nitrogen and oxygen atoms in total. The topological polar surface area (TPSA) is 24.5 Å². The number of nitrogens with one attached hydrogen (secondary N) is 1. The van der Waals surface area contributed by atoms with Crippen LogP contribution < -0.4 is 5.32 Å². The van der Waals surface area contributed by atoms with Crippen LogP contribution in [0, 0.1) is 5.41 Å². The van der Waals surface area contributed by atoms with E-state index in [4.69, 9.17) is 4.74 Å². The maximum Gasteiger partial charge on any atom is 0.0674 e. The number of ether oxygens (including phenoxy) is 1. The fourth-order valence-electron chi connectivity index (χ4n) is 2.94. The Kier molecular flexibility index (Phi) is 5.05. The van der Waals surface area contributed by atoms with Crippen molar-refractivity contribution in [1.82, 2.24) is 10.2 Å². The average Bonchev–Trinajstić information content (AvgIpc) is 3.19. The highest BCUT2D eigenvalue weighted by Crippen LogP contribution is 2.29. The second-order valence-corrected chi connectivity index (χ2v) is 6.28. The van der Waals surface area contributed by atoms with Crippen LogP contribution in [0.1, 0.15) is 46.5 Å². The molecule has 0 aromatic heterocycles. The van der Waals surface area contributed by atoms with Gasteiger partial charge in [0, 0.05) is 32.2 Å². The van der Waals surface area contributed by atoms with Gasteiger partial charge < -0.3 is 10.1 Å².